The van der Waals surface area contributed by atoms with Gasteiger partial charge >= 0.3 is 0 Å². The first-order chi connectivity index (χ1) is 19.8. The van der Waals surface area contributed by atoms with Gasteiger partial charge in [-0.05, 0) is 62.7 Å². The van der Waals surface area contributed by atoms with E-state index in [2.05, 4.69) is 21.3 Å². The van der Waals surface area contributed by atoms with Crippen LogP contribution in [0.15, 0.2) is 36.4 Å². The summed E-state index contributed by atoms with van der Waals surface area (Å²) in [5.74, 6) is -0.755. The van der Waals surface area contributed by atoms with Gasteiger partial charge in [-0.2, -0.15) is 0 Å². The molecule has 12 nitrogen and oxygen atoms in total. The molecule has 2 aromatic rings. The van der Waals surface area contributed by atoms with Crippen LogP contribution in [0.5, 0.6) is 5.75 Å². The number of anilines is 2. The summed E-state index contributed by atoms with van der Waals surface area (Å²) in [4.78, 5) is 62.5. The fourth-order valence-corrected chi connectivity index (χ4v) is 4.66. The highest BCUT2D eigenvalue weighted by Gasteiger charge is 2.37. The predicted octanol–water partition coefficient (Wildman–Crippen LogP) is 1.80. The molecule has 0 spiro atoms. The molecular formula is C29H38N6O6. The van der Waals surface area contributed by atoms with E-state index in [0.717, 1.165) is 0 Å². The van der Waals surface area contributed by atoms with Crippen molar-refractivity contribution >= 4 is 41.4 Å². The van der Waals surface area contributed by atoms with Crippen molar-refractivity contribution in [2.24, 2.45) is 0 Å². The Morgan fingerprint density at radius 1 is 1.12 bits per heavy atom. The van der Waals surface area contributed by atoms with Crippen LogP contribution in [0.1, 0.15) is 65.3 Å². The molecule has 41 heavy (non-hydrogen) atoms. The molecule has 3 rings (SSSR count). The summed E-state index contributed by atoms with van der Waals surface area (Å²) in [6.07, 6.45) is 2.99. The minimum Gasteiger partial charge on any atom is -0.495 e. The number of hydrogen-bond donors (Lipinski definition) is 5. The highest BCUT2D eigenvalue weighted by atomic mass is 16.5. The molecule has 0 bridgehead atoms. The van der Waals surface area contributed by atoms with Crippen molar-refractivity contribution in [2.75, 3.05) is 37.8 Å². The van der Waals surface area contributed by atoms with Gasteiger partial charge in [0.05, 0.1) is 12.8 Å². The Kier molecular flexibility index (Phi) is 11.6. The first-order valence-corrected chi connectivity index (χ1v) is 13.7. The number of amides is 5. The lowest BCUT2D eigenvalue weighted by Gasteiger charge is -2.25. The van der Waals surface area contributed by atoms with E-state index in [-0.39, 0.29) is 30.7 Å². The van der Waals surface area contributed by atoms with Crippen molar-refractivity contribution < 1.29 is 28.7 Å². The first-order valence-electron chi connectivity index (χ1n) is 13.7. The van der Waals surface area contributed by atoms with Crippen LogP contribution >= 0.6 is 0 Å². The summed E-state index contributed by atoms with van der Waals surface area (Å²) < 4.78 is 5.14. The van der Waals surface area contributed by atoms with E-state index in [1.807, 2.05) is 6.92 Å². The summed E-state index contributed by atoms with van der Waals surface area (Å²) in [5.41, 5.74) is 8.35. The summed E-state index contributed by atoms with van der Waals surface area (Å²) >= 11 is 0. The molecule has 1 atom stereocenters. The second-order valence-corrected chi connectivity index (χ2v) is 9.66. The predicted molar refractivity (Wildman–Crippen MR) is 154 cm³/mol. The maximum absolute atomic E-state index is 13.0. The molecule has 6 N–H and O–H groups in total. The number of nitrogens with zero attached hydrogens (tertiary/aromatic N) is 1. The van der Waals surface area contributed by atoms with Crippen LogP contribution in [0.2, 0.25) is 0 Å². The van der Waals surface area contributed by atoms with Gasteiger partial charge in [0.15, 0.2) is 0 Å². The largest absolute Gasteiger partial charge is 0.495 e. The van der Waals surface area contributed by atoms with E-state index >= 15 is 0 Å². The zero-order chi connectivity index (χ0) is 29.8. The van der Waals surface area contributed by atoms with Crippen LogP contribution in [0, 0.1) is 0 Å². The maximum Gasteiger partial charge on any atom is 0.255 e. The molecule has 0 saturated carbocycles. The number of imide groups is 1. The van der Waals surface area contributed by atoms with Gasteiger partial charge in [0.2, 0.25) is 18.2 Å². The van der Waals surface area contributed by atoms with E-state index in [9.17, 15) is 24.0 Å². The number of carbonyl (C=O) groups is 5. The van der Waals surface area contributed by atoms with Crippen LogP contribution in [0.25, 0.3) is 0 Å². The molecule has 0 fully saturated rings. The molecule has 0 radical (unpaired) electrons. The van der Waals surface area contributed by atoms with Crippen molar-refractivity contribution in [3.05, 3.63) is 53.1 Å². The molecule has 5 amide bonds. The quantitative estimate of drug-likeness (QED) is 0.116. The smallest absolute Gasteiger partial charge is 0.255 e. The third-order valence-corrected chi connectivity index (χ3v) is 6.78. The summed E-state index contributed by atoms with van der Waals surface area (Å²) in [7, 11) is 1.50. The van der Waals surface area contributed by atoms with E-state index in [4.69, 9.17) is 10.5 Å². The van der Waals surface area contributed by atoms with Gasteiger partial charge in [-0.1, -0.05) is 19.4 Å². The lowest BCUT2D eigenvalue weighted by molar-refractivity contribution is -0.129. The molecule has 1 heterocycles. The fraction of sp³-hybridized carbons (Fsp3) is 0.414. The van der Waals surface area contributed by atoms with E-state index in [0.29, 0.717) is 85.5 Å². The normalized spacial score (nSPS) is 12.8. The zero-order valence-electron chi connectivity index (χ0n) is 23.5. The van der Waals surface area contributed by atoms with E-state index in [1.165, 1.54) is 12.0 Å². The Morgan fingerprint density at radius 3 is 2.63 bits per heavy atom. The van der Waals surface area contributed by atoms with Crippen LogP contribution in [-0.4, -0.2) is 67.7 Å². The fourth-order valence-electron chi connectivity index (χ4n) is 4.66. The van der Waals surface area contributed by atoms with E-state index in [1.54, 1.807) is 36.4 Å². The Bertz CT molecular complexity index is 1270. The molecule has 1 aliphatic heterocycles. The highest BCUT2D eigenvalue weighted by Crippen LogP contribution is 2.32. The molecule has 220 valence electrons. The van der Waals surface area contributed by atoms with Gasteiger partial charge in [0, 0.05) is 41.9 Å². The van der Waals surface area contributed by atoms with Crippen LogP contribution in [-0.2, 0) is 20.9 Å². The minimum absolute atomic E-state index is 0.172. The second kappa shape index (κ2) is 15.4. The van der Waals surface area contributed by atoms with Gasteiger partial charge in [0.1, 0.15) is 11.8 Å². The summed E-state index contributed by atoms with van der Waals surface area (Å²) in [6.45, 7) is 3.86. The number of methoxy groups -OCH3 is 1. The lowest BCUT2D eigenvalue weighted by atomic mass is 10.1. The van der Waals surface area contributed by atoms with Crippen molar-refractivity contribution in [1.82, 2.24) is 20.9 Å². The third-order valence-electron chi connectivity index (χ3n) is 6.78. The number of fused-ring (bicyclic) bond motifs is 1. The molecule has 2 aromatic carbocycles. The number of carbonyl (C=O) groups excluding carboxylic acids is 5. The Morgan fingerprint density at radius 2 is 1.90 bits per heavy atom. The van der Waals surface area contributed by atoms with Gasteiger partial charge < -0.3 is 31.3 Å². The lowest BCUT2D eigenvalue weighted by Crippen LogP contribution is -2.46. The number of hydrogen-bond acceptors (Lipinski definition) is 8. The molecule has 0 aromatic heterocycles. The van der Waals surface area contributed by atoms with Crippen LogP contribution in [0.4, 0.5) is 11.4 Å². The highest BCUT2D eigenvalue weighted by molar-refractivity contribution is 6.04. The van der Waals surface area contributed by atoms with Crippen LogP contribution < -0.4 is 31.7 Å². The molecular weight excluding hydrogens is 528 g/mol. The zero-order valence-corrected chi connectivity index (χ0v) is 23.5. The minimum atomic E-state index is -0.769. The van der Waals surface area contributed by atoms with E-state index < -0.39 is 11.9 Å². The summed E-state index contributed by atoms with van der Waals surface area (Å²) in [6, 6.07) is 9.21. The number of rotatable bonds is 16. The molecule has 1 unspecified atom stereocenters. The number of nitrogens with two attached hydrogens (primary N) is 1. The maximum atomic E-state index is 13.0. The molecule has 0 saturated heterocycles. The Hall–Kier alpha value is -4.45. The van der Waals surface area contributed by atoms with Crippen molar-refractivity contribution in [3.8, 4) is 5.75 Å². The SMILES string of the molecule is CCCC(C(=O)NC=O)N1Cc2c(NC(=O)CCCNCCCNC(=O)c3ccc(N)c(OC)c3)cccc2C1=O. The Labute approximate surface area is 239 Å². The number of benzene rings is 2. The molecule has 1 aliphatic rings. The number of ether oxygens (including phenoxy) is 1. The molecule has 12 heteroatoms. The van der Waals surface area contributed by atoms with Gasteiger partial charge in [-0.15, -0.1) is 0 Å². The first kappa shape index (κ1) is 31.1. The topological polar surface area (TPSA) is 172 Å². The standard InChI is InChI=1S/C29H38N6O6/c1-3-7-24(28(39)33-18-36)35-17-21-20(29(35)40)8-4-9-23(21)34-26(37)10-5-13-31-14-6-15-32-27(38)19-11-12-22(30)25(16-19)41-2/h4,8-9,11-12,16,18,24,31H,3,5-7,10,13-15,17,30H2,1-2H3,(H,32,38)(H,34,37)(H,33,36,39). The molecule has 0 aliphatic carbocycles. The average Bonchev–Trinajstić information content (AvgIpc) is 3.30. The monoisotopic (exact) mass is 566 g/mol. The van der Waals surface area contributed by atoms with Crippen LogP contribution in [0.3, 0.4) is 0 Å². The van der Waals surface area contributed by atoms with Gasteiger partial charge in [-0.3, -0.25) is 29.3 Å². The number of nitrogens with one attached hydrogen (secondary N) is 4. The summed E-state index contributed by atoms with van der Waals surface area (Å²) in [5, 5.41) is 11.2. The number of nitrogen functional groups attached to an aromatic ring is 1. The van der Waals surface area contributed by atoms with Crippen molar-refractivity contribution in [2.45, 2.75) is 51.6 Å². The van der Waals surface area contributed by atoms with Crippen molar-refractivity contribution in [1.29, 1.82) is 0 Å². The van der Waals surface area contributed by atoms with Gasteiger partial charge in [0.25, 0.3) is 11.8 Å². The average molecular weight is 567 g/mol. The third kappa shape index (κ3) is 8.27. The van der Waals surface area contributed by atoms with Crippen molar-refractivity contribution in [3.63, 3.8) is 0 Å². The Balaban J connectivity index is 1.39. The second-order valence-electron chi connectivity index (χ2n) is 9.66. The van der Waals surface area contributed by atoms with Gasteiger partial charge in [-0.25, -0.2) is 0 Å².